The zero-order valence-electron chi connectivity index (χ0n) is 8.42. The molecule has 2 rings (SSSR count). The van der Waals surface area contributed by atoms with Gasteiger partial charge in [-0.05, 0) is 39.5 Å². The molecule has 0 unspecified atom stereocenters. The zero-order valence-corrected chi connectivity index (χ0v) is 11.6. The molecule has 0 amide bonds. The largest absolute Gasteiger partial charge is 0.506 e. The fourth-order valence-electron chi connectivity index (χ4n) is 1.22. The molecule has 0 aliphatic heterocycles. The molecular formula is C10H8BrNO3S2. The number of halogens is 1. The van der Waals surface area contributed by atoms with Gasteiger partial charge in [0.15, 0.2) is 4.21 Å². The Labute approximate surface area is 111 Å². The fraction of sp³-hybridized carbons (Fsp3) is 0. The number of phenols is 1. The lowest BCUT2D eigenvalue weighted by Gasteiger charge is -2.08. The minimum Gasteiger partial charge on any atom is -0.506 e. The summed E-state index contributed by atoms with van der Waals surface area (Å²) in [7, 11) is -3.66. The monoisotopic (exact) mass is 333 g/mol. The number of nitrogens with one attached hydrogen (secondary N) is 1. The van der Waals surface area contributed by atoms with E-state index >= 15 is 0 Å². The van der Waals surface area contributed by atoms with Crippen molar-refractivity contribution in [2.45, 2.75) is 4.21 Å². The van der Waals surface area contributed by atoms with E-state index in [0.717, 1.165) is 11.3 Å². The lowest BCUT2D eigenvalue weighted by molar-refractivity contribution is 0.477. The summed E-state index contributed by atoms with van der Waals surface area (Å²) in [5, 5.41) is 11.2. The lowest BCUT2D eigenvalue weighted by Crippen LogP contribution is -2.11. The van der Waals surface area contributed by atoms with Crippen LogP contribution in [0.3, 0.4) is 0 Å². The molecular weight excluding hydrogens is 326 g/mol. The van der Waals surface area contributed by atoms with E-state index < -0.39 is 10.0 Å². The summed E-state index contributed by atoms with van der Waals surface area (Å²) in [5.74, 6) is -0.108. The van der Waals surface area contributed by atoms with Crippen LogP contribution in [0.5, 0.6) is 5.75 Å². The maximum atomic E-state index is 12.0. The van der Waals surface area contributed by atoms with Gasteiger partial charge in [0.05, 0.1) is 5.69 Å². The Morgan fingerprint density at radius 2 is 1.94 bits per heavy atom. The van der Waals surface area contributed by atoms with Crippen molar-refractivity contribution in [3.63, 3.8) is 0 Å². The average Bonchev–Trinajstić information content (AvgIpc) is 2.68. The summed E-state index contributed by atoms with van der Waals surface area (Å²) in [6, 6.07) is 7.83. The molecule has 0 aliphatic carbocycles. The van der Waals surface area contributed by atoms with Crippen molar-refractivity contribution >= 4 is 43.0 Å². The fourth-order valence-corrected chi connectivity index (χ4v) is 4.64. The average molecular weight is 334 g/mol. The van der Waals surface area contributed by atoms with Gasteiger partial charge in [-0.1, -0.05) is 12.1 Å². The second-order valence-corrected chi connectivity index (χ2v) is 6.83. The van der Waals surface area contributed by atoms with Gasteiger partial charge in [-0.25, -0.2) is 8.42 Å². The van der Waals surface area contributed by atoms with E-state index in [4.69, 9.17) is 0 Å². The Bertz CT molecular complexity index is 637. The van der Waals surface area contributed by atoms with Crippen LogP contribution < -0.4 is 4.72 Å². The first-order chi connectivity index (χ1) is 8.00. The molecule has 0 aliphatic rings. The molecule has 2 N–H and O–H groups in total. The normalized spacial score (nSPS) is 11.4. The third-order valence-corrected chi connectivity index (χ3v) is 6.01. The summed E-state index contributed by atoms with van der Waals surface area (Å²) in [5.41, 5.74) is 0.160. The van der Waals surface area contributed by atoms with Crippen molar-refractivity contribution < 1.29 is 13.5 Å². The number of hydrogen-bond donors (Lipinski definition) is 2. The highest BCUT2D eigenvalue weighted by Crippen LogP contribution is 2.31. The van der Waals surface area contributed by atoms with Crippen LogP contribution in [0.15, 0.2) is 44.4 Å². The van der Waals surface area contributed by atoms with Gasteiger partial charge < -0.3 is 5.11 Å². The van der Waals surface area contributed by atoms with Crippen LogP contribution in [0.4, 0.5) is 5.69 Å². The number of anilines is 1. The van der Waals surface area contributed by atoms with Crippen LogP contribution in [0.2, 0.25) is 0 Å². The predicted molar refractivity (Wildman–Crippen MR) is 70.9 cm³/mol. The number of hydrogen-bond acceptors (Lipinski definition) is 4. The molecule has 0 saturated heterocycles. The van der Waals surface area contributed by atoms with Crippen molar-refractivity contribution in [3.8, 4) is 5.75 Å². The van der Waals surface area contributed by atoms with Gasteiger partial charge in [0.25, 0.3) is 10.0 Å². The zero-order chi connectivity index (χ0) is 12.5. The molecule has 0 bridgehead atoms. The molecule has 0 saturated carbocycles. The molecule has 1 aromatic carbocycles. The number of para-hydroxylation sites is 2. The molecule has 1 aromatic heterocycles. The van der Waals surface area contributed by atoms with Crippen LogP contribution in [-0.2, 0) is 10.0 Å². The first-order valence-corrected chi connectivity index (χ1v) is 7.70. The number of thiophene rings is 1. The molecule has 90 valence electrons. The second-order valence-electron chi connectivity index (χ2n) is 3.18. The highest BCUT2D eigenvalue weighted by molar-refractivity contribution is 9.10. The van der Waals surface area contributed by atoms with Crippen LogP contribution in [0.1, 0.15) is 0 Å². The van der Waals surface area contributed by atoms with E-state index in [1.54, 1.807) is 23.6 Å². The van der Waals surface area contributed by atoms with E-state index in [9.17, 15) is 13.5 Å². The predicted octanol–water partition coefficient (Wildman–Crippen LogP) is 3.02. The highest BCUT2D eigenvalue weighted by atomic mass is 79.9. The van der Waals surface area contributed by atoms with Crippen molar-refractivity contribution in [1.82, 2.24) is 0 Å². The summed E-state index contributed by atoms with van der Waals surface area (Å²) < 4.78 is 27.0. The van der Waals surface area contributed by atoms with Crippen LogP contribution in [0, 0.1) is 0 Å². The minimum atomic E-state index is -3.66. The molecule has 0 atom stereocenters. The number of sulfonamides is 1. The SMILES string of the molecule is O=S(=O)(Nc1ccccc1O)c1sccc1Br. The maximum absolute atomic E-state index is 12.0. The van der Waals surface area contributed by atoms with Crippen molar-refractivity contribution in [3.05, 3.63) is 40.2 Å². The smallest absolute Gasteiger partial charge is 0.272 e. The number of phenolic OH excluding ortho intramolecular Hbond substituents is 1. The van der Waals surface area contributed by atoms with E-state index in [1.165, 1.54) is 12.1 Å². The van der Waals surface area contributed by atoms with E-state index in [0.29, 0.717) is 4.47 Å². The molecule has 7 heteroatoms. The molecule has 4 nitrogen and oxygen atoms in total. The third-order valence-electron chi connectivity index (χ3n) is 1.98. The van der Waals surface area contributed by atoms with Crippen LogP contribution in [0.25, 0.3) is 0 Å². The molecule has 2 aromatic rings. The highest BCUT2D eigenvalue weighted by Gasteiger charge is 2.20. The van der Waals surface area contributed by atoms with Gasteiger partial charge in [0, 0.05) is 4.47 Å². The third kappa shape index (κ3) is 2.62. The summed E-state index contributed by atoms with van der Waals surface area (Å²) in [6.07, 6.45) is 0. The van der Waals surface area contributed by atoms with E-state index in [2.05, 4.69) is 20.7 Å². The Morgan fingerprint density at radius 3 is 2.53 bits per heavy atom. The van der Waals surface area contributed by atoms with Crippen molar-refractivity contribution in [2.75, 3.05) is 4.72 Å². The number of rotatable bonds is 3. The van der Waals surface area contributed by atoms with E-state index in [-0.39, 0.29) is 15.6 Å². The first-order valence-electron chi connectivity index (χ1n) is 4.54. The number of aromatic hydroxyl groups is 1. The summed E-state index contributed by atoms with van der Waals surface area (Å²) in [4.78, 5) is 0. The van der Waals surface area contributed by atoms with Gasteiger partial charge in [-0.15, -0.1) is 11.3 Å². The molecule has 0 spiro atoms. The maximum Gasteiger partial charge on any atom is 0.272 e. The quantitative estimate of drug-likeness (QED) is 0.848. The van der Waals surface area contributed by atoms with Gasteiger partial charge in [0.1, 0.15) is 5.75 Å². The molecule has 17 heavy (non-hydrogen) atoms. The van der Waals surface area contributed by atoms with Crippen molar-refractivity contribution in [2.24, 2.45) is 0 Å². The molecule has 0 fully saturated rings. The Morgan fingerprint density at radius 1 is 1.24 bits per heavy atom. The lowest BCUT2D eigenvalue weighted by atomic mass is 10.3. The first kappa shape index (κ1) is 12.4. The summed E-state index contributed by atoms with van der Waals surface area (Å²) >= 11 is 4.27. The molecule has 0 radical (unpaired) electrons. The molecule has 1 heterocycles. The van der Waals surface area contributed by atoms with Gasteiger partial charge in [-0.3, -0.25) is 4.72 Å². The van der Waals surface area contributed by atoms with E-state index in [1.807, 2.05) is 0 Å². The second kappa shape index (κ2) is 4.67. The Hall–Kier alpha value is -1.05. The Balaban J connectivity index is 2.37. The summed E-state index contributed by atoms with van der Waals surface area (Å²) in [6.45, 7) is 0. The number of benzene rings is 1. The van der Waals surface area contributed by atoms with Gasteiger partial charge >= 0.3 is 0 Å². The Kier molecular flexibility index (Phi) is 3.41. The van der Waals surface area contributed by atoms with Crippen LogP contribution in [-0.4, -0.2) is 13.5 Å². The van der Waals surface area contributed by atoms with Crippen molar-refractivity contribution in [1.29, 1.82) is 0 Å². The van der Waals surface area contributed by atoms with Gasteiger partial charge in [-0.2, -0.15) is 0 Å². The standard InChI is InChI=1S/C10H8BrNO3S2/c11-7-5-6-16-10(7)17(14,15)12-8-3-1-2-4-9(8)13/h1-6,12-13H. The minimum absolute atomic E-state index is 0.108. The van der Waals surface area contributed by atoms with Crippen LogP contribution >= 0.6 is 27.3 Å². The topological polar surface area (TPSA) is 66.4 Å². The van der Waals surface area contributed by atoms with Gasteiger partial charge in [0.2, 0.25) is 0 Å².